The highest BCUT2D eigenvalue weighted by molar-refractivity contribution is 7.12. The van der Waals surface area contributed by atoms with Crippen molar-refractivity contribution < 1.29 is 14.3 Å². The second kappa shape index (κ2) is 10.3. The van der Waals surface area contributed by atoms with Gasteiger partial charge in [0.25, 0.3) is 5.91 Å². The molecule has 0 saturated carbocycles. The summed E-state index contributed by atoms with van der Waals surface area (Å²) < 4.78 is 6.45. The molecule has 1 atom stereocenters. The number of anilines is 1. The third kappa shape index (κ3) is 4.76. The highest BCUT2D eigenvalue weighted by Gasteiger charge is 2.32. The van der Waals surface area contributed by atoms with Crippen molar-refractivity contribution in [2.24, 2.45) is 0 Å². The maximum Gasteiger partial charge on any atom is 0.265 e. The zero-order chi connectivity index (χ0) is 23.5. The molecule has 6 nitrogen and oxygen atoms in total. The second-order valence-corrected chi connectivity index (χ2v) is 9.71. The Kier molecular flexibility index (Phi) is 6.99. The normalized spacial score (nSPS) is 16.1. The molecule has 1 aliphatic heterocycles. The van der Waals surface area contributed by atoms with Crippen LogP contribution in [0.2, 0.25) is 5.02 Å². The minimum Gasteiger partial charge on any atom is -0.457 e. The summed E-state index contributed by atoms with van der Waals surface area (Å²) in [5.74, 6) is 0.564. The third-order valence-corrected chi connectivity index (χ3v) is 7.35. The van der Waals surface area contributed by atoms with E-state index in [0.29, 0.717) is 27.9 Å². The van der Waals surface area contributed by atoms with E-state index in [1.165, 1.54) is 11.3 Å². The maximum atomic E-state index is 13.1. The summed E-state index contributed by atoms with van der Waals surface area (Å²) in [6, 6.07) is 19.1. The van der Waals surface area contributed by atoms with E-state index in [9.17, 15) is 9.90 Å². The van der Waals surface area contributed by atoms with Crippen LogP contribution in [0, 0.1) is 0 Å². The number of β-amino-alcohol motifs (C(OH)–C–C–N with tert-alkyl or cyclic N) is 1. The van der Waals surface area contributed by atoms with Crippen molar-refractivity contribution in [1.82, 2.24) is 9.80 Å². The molecule has 1 aliphatic rings. The monoisotopic (exact) mass is 495 g/mol. The number of aliphatic hydroxyl groups excluding tert-OH is 1. The fraction of sp³-hybridized carbons (Fsp3) is 0.269. The van der Waals surface area contributed by atoms with Crippen LogP contribution in [-0.2, 0) is 0 Å². The Morgan fingerprint density at radius 2 is 1.82 bits per heavy atom. The van der Waals surface area contributed by atoms with Crippen LogP contribution in [0.15, 0.2) is 70.5 Å². The largest absolute Gasteiger partial charge is 0.457 e. The van der Waals surface area contributed by atoms with E-state index in [-0.39, 0.29) is 18.6 Å². The van der Waals surface area contributed by atoms with Crippen LogP contribution in [0.3, 0.4) is 0 Å². The fourth-order valence-electron chi connectivity index (χ4n) is 4.53. The number of piperazine rings is 1. The van der Waals surface area contributed by atoms with Crippen LogP contribution < -0.4 is 5.32 Å². The van der Waals surface area contributed by atoms with Crippen LogP contribution in [-0.4, -0.2) is 60.1 Å². The van der Waals surface area contributed by atoms with E-state index in [1.54, 1.807) is 0 Å². The fourth-order valence-corrected chi connectivity index (χ4v) is 5.27. The molecule has 8 heteroatoms. The number of carbonyl (C=O) groups is 1. The quantitative estimate of drug-likeness (QED) is 0.373. The summed E-state index contributed by atoms with van der Waals surface area (Å²) in [6.45, 7) is 4.14. The van der Waals surface area contributed by atoms with Crippen LogP contribution in [0.4, 0.5) is 5.69 Å². The number of nitrogens with one attached hydrogen (secondary N) is 1. The molecule has 2 aromatic carbocycles. The van der Waals surface area contributed by atoms with E-state index in [2.05, 4.69) is 15.1 Å². The van der Waals surface area contributed by atoms with E-state index in [1.807, 2.05) is 66.0 Å². The summed E-state index contributed by atoms with van der Waals surface area (Å²) in [5, 5.41) is 15.9. The molecule has 5 rings (SSSR count). The maximum absolute atomic E-state index is 13.1. The molecule has 3 heterocycles. The van der Waals surface area contributed by atoms with Crippen LogP contribution >= 0.6 is 22.9 Å². The number of benzene rings is 2. The Hall–Kier alpha value is -2.68. The van der Waals surface area contributed by atoms with Crippen molar-refractivity contribution in [3.63, 3.8) is 0 Å². The van der Waals surface area contributed by atoms with Gasteiger partial charge in [-0.15, -0.1) is 11.3 Å². The molecule has 2 aromatic heterocycles. The molecule has 1 saturated heterocycles. The van der Waals surface area contributed by atoms with Gasteiger partial charge < -0.3 is 14.8 Å². The Morgan fingerprint density at radius 1 is 1.06 bits per heavy atom. The number of rotatable bonds is 7. The van der Waals surface area contributed by atoms with Crippen molar-refractivity contribution in [3.8, 4) is 0 Å². The lowest BCUT2D eigenvalue weighted by Gasteiger charge is -2.38. The highest BCUT2D eigenvalue weighted by atomic mass is 35.5. The molecule has 0 aliphatic carbocycles. The number of aliphatic hydroxyl groups is 1. The Bertz CT molecular complexity index is 1250. The molecule has 34 heavy (non-hydrogen) atoms. The Morgan fingerprint density at radius 3 is 2.53 bits per heavy atom. The van der Waals surface area contributed by atoms with Crippen molar-refractivity contribution in [2.75, 3.05) is 44.6 Å². The van der Waals surface area contributed by atoms with E-state index in [4.69, 9.17) is 16.0 Å². The van der Waals surface area contributed by atoms with Gasteiger partial charge in [-0.1, -0.05) is 41.9 Å². The smallest absolute Gasteiger partial charge is 0.265 e. The number of amides is 1. The average molecular weight is 496 g/mol. The van der Waals surface area contributed by atoms with Crippen LogP contribution in [0.25, 0.3) is 11.0 Å². The molecule has 2 N–H and O–H groups in total. The zero-order valence-corrected chi connectivity index (χ0v) is 20.2. The number of hydrogen-bond acceptors (Lipinski definition) is 6. The van der Waals surface area contributed by atoms with Crippen LogP contribution in [0.1, 0.15) is 27.0 Å². The summed E-state index contributed by atoms with van der Waals surface area (Å²) in [5.41, 5.74) is 2.48. The molecule has 4 aromatic rings. The number of nitrogens with zero attached hydrogens (tertiary/aromatic N) is 2. The van der Waals surface area contributed by atoms with Gasteiger partial charge in [0.05, 0.1) is 23.2 Å². The molecular weight excluding hydrogens is 470 g/mol. The van der Waals surface area contributed by atoms with Gasteiger partial charge in [-0.2, -0.15) is 0 Å². The first-order chi connectivity index (χ1) is 16.6. The lowest BCUT2D eigenvalue weighted by atomic mass is 10.00. The lowest BCUT2D eigenvalue weighted by Crippen LogP contribution is -2.48. The highest BCUT2D eigenvalue weighted by Crippen LogP contribution is 2.41. The number of thiophene rings is 1. The Labute approximate surface area is 207 Å². The summed E-state index contributed by atoms with van der Waals surface area (Å²) >= 11 is 7.61. The minimum atomic E-state index is -0.195. The van der Waals surface area contributed by atoms with Gasteiger partial charge in [-0.25, -0.2) is 0 Å². The second-order valence-electron chi connectivity index (χ2n) is 8.32. The van der Waals surface area contributed by atoms with Gasteiger partial charge in [-0.05, 0) is 41.3 Å². The summed E-state index contributed by atoms with van der Waals surface area (Å²) in [6.07, 6.45) is 0. The number of furan rings is 1. The standard InChI is InChI=1S/C26H26ClN3O3S/c27-19-9-7-18(8-10-19)24(30-13-11-29(12-14-30)15-16-31)25-23(20-4-1-2-5-21(20)33-25)28-26(32)22-6-3-17-34-22/h1-10,17,24,31H,11-16H2,(H,28,32)/t24-/m0/s1. The van der Waals surface area contributed by atoms with Crippen molar-refractivity contribution in [1.29, 1.82) is 0 Å². The van der Waals surface area contributed by atoms with Crippen LogP contribution in [0.5, 0.6) is 0 Å². The van der Waals surface area contributed by atoms with E-state index >= 15 is 0 Å². The molecule has 1 amide bonds. The SMILES string of the molecule is O=C(Nc1c([C@H](c2ccc(Cl)cc2)N2CCN(CCO)CC2)oc2ccccc12)c1cccs1. The molecule has 0 radical (unpaired) electrons. The number of halogens is 1. The van der Waals surface area contributed by atoms with E-state index < -0.39 is 0 Å². The van der Waals surface area contributed by atoms with Gasteiger partial charge in [0, 0.05) is 43.1 Å². The van der Waals surface area contributed by atoms with Gasteiger partial charge in [0.2, 0.25) is 0 Å². The van der Waals surface area contributed by atoms with E-state index in [0.717, 1.165) is 42.7 Å². The molecular formula is C26H26ClN3O3S. The van der Waals surface area contributed by atoms with Gasteiger partial charge in [0.1, 0.15) is 11.3 Å². The first-order valence-corrected chi connectivity index (χ1v) is 12.6. The third-order valence-electron chi connectivity index (χ3n) is 6.23. The molecule has 1 fully saturated rings. The number of fused-ring (bicyclic) bond motifs is 1. The first kappa shape index (κ1) is 23.1. The molecule has 0 unspecified atom stereocenters. The van der Waals surface area contributed by atoms with Crippen molar-refractivity contribution >= 4 is 45.5 Å². The van der Waals surface area contributed by atoms with Gasteiger partial charge in [0.15, 0.2) is 0 Å². The average Bonchev–Trinajstić information content (AvgIpc) is 3.51. The number of carbonyl (C=O) groups excluding carboxylic acids is 1. The van der Waals surface area contributed by atoms with Gasteiger partial charge in [-0.3, -0.25) is 14.6 Å². The first-order valence-electron chi connectivity index (χ1n) is 11.3. The summed E-state index contributed by atoms with van der Waals surface area (Å²) in [7, 11) is 0. The zero-order valence-electron chi connectivity index (χ0n) is 18.6. The molecule has 176 valence electrons. The number of para-hydroxylation sites is 1. The topological polar surface area (TPSA) is 69.0 Å². The molecule has 0 spiro atoms. The predicted molar refractivity (Wildman–Crippen MR) is 137 cm³/mol. The Balaban J connectivity index is 1.58. The lowest BCUT2D eigenvalue weighted by molar-refractivity contribution is 0.0888. The predicted octanol–water partition coefficient (Wildman–Crippen LogP) is 5.10. The molecule has 0 bridgehead atoms. The van der Waals surface area contributed by atoms with Gasteiger partial charge >= 0.3 is 0 Å². The minimum absolute atomic E-state index is 0.148. The summed E-state index contributed by atoms with van der Waals surface area (Å²) in [4.78, 5) is 18.3. The number of hydrogen-bond donors (Lipinski definition) is 2. The van der Waals surface area contributed by atoms with Crippen molar-refractivity contribution in [2.45, 2.75) is 6.04 Å². The van der Waals surface area contributed by atoms with Crippen molar-refractivity contribution in [3.05, 3.63) is 87.3 Å².